The number of halogens is 1. The molecule has 3 aromatic rings. The van der Waals surface area contributed by atoms with E-state index < -0.39 is 31.9 Å². The number of sulfone groups is 1. The van der Waals surface area contributed by atoms with Crippen molar-refractivity contribution in [2.75, 3.05) is 6.26 Å². The van der Waals surface area contributed by atoms with E-state index in [9.17, 15) is 22.4 Å². The Morgan fingerprint density at radius 1 is 1.13 bits per heavy atom. The maximum Gasteiger partial charge on any atom is 0.264 e. The number of hydroxylamine groups is 1. The van der Waals surface area contributed by atoms with Gasteiger partial charge in [-0.3, -0.25) is 14.8 Å². The number of rotatable bonds is 6. The Hall–Kier alpha value is -3.04. The second-order valence-corrected chi connectivity index (χ2v) is 9.74. The normalized spacial score (nSPS) is 13.7. The van der Waals surface area contributed by atoms with Crippen molar-refractivity contribution in [1.82, 2.24) is 10.0 Å². The summed E-state index contributed by atoms with van der Waals surface area (Å²) in [5.41, 5.74) is 2.47. The molecule has 0 aliphatic heterocycles. The lowest BCUT2D eigenvalue weighted by molar-refractivity contribution is -0.131. The van der Waals surface area contributed by atoms with E-state index >= 15 is 0 Å². The van der Waals surface area contributed by atoms with E-state index in [2.05, 4.69) is 0 Å². The molecule has 1 amide bonds. The van der Waals surface area contributed by atoms with Crippen molar-refractivity contribution in [2.24, 2.45) is 0 Å². The molecule has 7 nitrogen and oxygen atoms in total. The van der Waals surface area contributed by atoms with Gasteiger partial charge in [0.15, 0.2) is 14.6 Å². The molecule has 0 aliphatic carbocycles. The van der Waals surface area contributed by atoms with E-state index in [0.29, 0.717) is 0 Å². The van der Waals surface area contributed by atoms with E-state index in [1.807, 2.05) is 30.3 Å². The Morgan fingerprint density at radius 3 is 2.40 bits per heavy atom. The molecule has 0 aliphatic rings. The summed E-state index contributed by atoms with van der Waals surface area (Å²) in [4.78, 5) is 24.8. The second-order valence-electron chi connectivity index (χ2n) is 7.30. The zero-order chi connectivity index (χ0) is 22.1. The first-order valence-electron chi connectivity index (χ1n) is 9.11. The summed E-state index contributed by atoms with van der Waals surface area (Å²) in [6.45, 7) is 0.908. The van der Waals surface area contributed by atoms with E-state index in [1.165, 1.54) is 11.5 Å². The van der Waals surface area contributed by atoms with E-state index in [4.69, 9.17) is 5.21 Å². The van der Waals surface area contributed by atoms with Crippen LogP contribution in [0.25, 0.3) is 21.9 Å². The Kier molecular flexibility index (Phi) is 5.78. The molecule has 0 bridgehead atoms. The van der Waals surface area contributed by atoms with Crippen LogP contribution in [0.5, 0.6) is 0 Å². The Morgan fingerprint density at radius 2 is 1.80 bits per heavy atom. The zero-order valence-electron chi connectivity index (χ0n) is 16.4. The van der Waals surface area contributed by atoms with Gasteiger partial charge in [-0.05, 0) is 36.6 Å². The van der Waals surface area contributed by atoms with Crippen molar-refractivity contribution in [3.63, 3.8) is 0 Å². The summed E-state index contributed by atoms with van der Waals surface area (Å²) >= 11 is 0. The molecule has 2 N–H and O–H groups in total. The molecule has 0 saturated carbocycles. The summed E-state index contributed by atoms with van der Waals surface area (Å²) < 4.78 is 38.0. The van der Waals surface area contributed by atoms with Gasteiger partial charge in [-0.2, -0.15) is 0 Å². The number of nitrogens with zero attached hydrogens (tertiary/aromatic N) is 1. The van der Waals surface area contributed by atoms with Crippen LogP contribution in [-0.4, -0.2) is 35.1 Å². The lowest BCUT2D eigenvalue weighted by Gasteiger charge is -2.25. The van der Waals surface area contributed by atoms with Gasteiger partial charge in [0, 0.05) is 24.4 Å². The quantitative estimate of drug-likeness (QED) is 0.460. The molecular weight excluding hydrogens is 411 g/mol. The van der Waals surface area contributed by atoms with Crippen LogP contribution in [0.2, 0.25) is 0 Å². The number of benzene rings is 2. The van der Waals surface area contributed by atoms with Gasteiger partial charge < -0.3 is 4.57 Å². The number of aryl methyl sites for hydroxylation is 1. The van der Waals surface area contributed by atoms with Gasteiger partial charge in [-0.25, -0.2) is 18.3 Å². The minimum atomic E-state index is -3.93. The lowest BCUT2D eigenvalue weighted by atomic mass is 10.0. The fourth-order valence-electron chi connectivity index (χ4n) is 3.24. The molecule has 0 unspecified atom stereocenters. The molecule has 158 valence electrons. The van der Waals surface area contributed by atoms with Gasteiger partial charge in [0.2, 0.25) is 0 Å². The minimum Gasteiger partial charge on any atom is -0.312 e. The number of pyridine rings is 1. The van der Waals surface area contributed by atoms with Crippen LogP contribution < -0.4 is 11.0 Å². The lowest BCUT2D eigenvalue weighted by Crippen LogP contribution is -2.50. The summed E-state index contributed by atoms with van der Waals surface area (Å²) in [6.07, 6.45) is 1.53. The fraction of sp³-hybridized carbons (Fsp3) is 0.238. The van der Waals surface area contributed by atoms with Crippen molar-refractivity contribution in [3.05, 3.63) is 70.9 Å². The van der Waals surface area contributed by atoms with Gasteiger partial charge >= 0.3 is 0 Å². The van der Waals surface area contributed by atoms with Crippen molar-refractivity contribution in [3.8, 4) is 11.1 Å². The van der Waals surface area contributed by atoms with Crippen molar-refractivity contribution in [2.45, 2.75) is 24.6 Å². The highest BCUT2D eigenvalue weighted by molar-refractivity contribution is 7.92. The monoisotopic (exact) mass is 432 g/mol. The molecule has 0 saturated heterocycles. The minimum absolute atomic E-state index is 0.141. The molecule has 30 heavy (non-hydrogen) atoms. The molecule has 0 fully saturated rings. The molecule has 2 aromatic carbocycles. The number of amides is 1. The number of hydrogen-bond donors (Lipinski definition) is 2. The van der Waals surface area contributed by atoms with E-state index in [1.54, 1.807) is 12.1 Å². The predicted molar refractivity (Wildman–Crippen MR) is 111 cm³/mol. The Balaban J connectivity index is 2.01. The summed E-state index contributed by atoms with van der Waals surface area (Å²) in [5.74, 6) is -1.76. The third kappa shape index (κ3) is 3.86. The highest BCUT2D eigenvalue weighted by atomic mass is 32.2. The zero-order valence-corrected chi connectivity index (χ0v) is 17.2. The second kappa shape index (κ2) is 8.00. The maximum atomic E-state index is 14.8. The van der Waals surface area contributed by atoms with Gasteiger partial charge in [-0.15, -0.1) is 0 Å². The average molecular weight is 432 g/mol. The molecular formula is C21H21FN2O5S. The molecule has 3 rings (SSSR count). The van der Waals surface area contributed by atoms with Gasteiger partial charge in [-0.1, -0.05) is 36.4 Å². The number of aromatic nitrogens is 1. The summed E-state index contributed by atoms with van der Waals surface area (Å²) in [6, 6.07) is 14.1. The molecule has 1 heterocycles. The van der Waals surface area contributed by atoms with Crippen LogP contribution >= 0.6 is 0 Å². The van der Waals surface area contributed by atoms with Crippen LogP contribution in [0.15, 0.2) is 59.5 Å². The van der Waals surface area contributed by atoms with Crippen molar-refractivity contribution < 1.29 is 22.8 Å². The smallest absolute Gasteiger partial charge is 0.264 e. The summed E-state index contributed by atoms with van der Waals surface area (Å²) in [5, 5.41) is 9.19. The van der Waals surface area contributed by atoms with Crippen LogP contribution in [-0.2, 0) is 21.2 Å². The van der Waals surface area contributed by atoms with Crippen LogP contribution in [0.3, 0.4) is 0 Å². The first kappa shape index (κ1) is 21.7. The third-order valence-electron chi connectivity index (χ3n) is 5.37. The molecule has 1 aromatic heterocycles. The maximum absolute atomic E-state index is 14.8. The summed E-state index contributed by atoms with van der Waals surface area (Å²) in [7, 11) is -3.93. The number of nitrogens with one attached hydrogen (secondary N) is 1. The van der Waals surface area contributed by atoms with Gasteiger partial charge in [0.1, 0.15) is 5.82 Å². The third-order valence-corrected chi connectivity index (χ3v) is 7.40. The van der Waals surface area contributed by atoms with Crippen molar-refractivity contribution in [1.29, 1.82) is 0 Å². The molecule has 1 atom stereocenters. The van der Waals surface area contributed by atoms with Crippen LogP contribution in [0.4, 0.5) is 4.39 Å². The average Bonchev–Trinajstić information content (AvgIpc) is 2.73. The first-order valence-corrected chi connectivity index (χ1v) is 11.0. The first-order chi connectivity index (χ1) is 14.1. The standard InChI is InChI=1S/C21H21FN2O5S/c1-21(20(26)23-27,30(2,28)29)10-11-24-13-18(22)17-12-15(8-9-16(17)19(24)25)14-6-4-3-5-7-14/h3-9,12-13,27H,10-11H2,1-2H3,(H,23,26)/t21-/m1/s1. The number of carbonyl (C=O) groups is 1. The number of fused-ring (bicyclic) bond motifs is 1. The van der Waals surface area contributed by atoms with Crippen LogP contribution in [0.1, 0.15) is 13.3 Å². The molecule has 9 heteroatoms. The SMILES string of the molecule is C[C@@](CCn1cc(F)c2cc(-c3ccccc3)ccc2c1=O)(C(=O)NO)S(C)(=O)=O. The molecule has 0 spiro atoms. The predicted octanol–water partition coefficient (Wildman–Crippen LogP) is 2.51. The van der Waals surface area contributed by atoms with Crippen LogP contribution in [0, 0.1) is 5.82 Å². The van der Waals surface area contributed by atoms with Gasteiger partial charge in [0.25, 0.3) is 11.5 Å². The Labute approximate surface area is 172 Å². The molecule has 0 radical (unpaired) electrons. The van der Waals surface area contributed by atoms with Crippen molar-refractivity contribution >= 4 is 26.5 Å². The number of hydrogen-bond acceptors (Lipinski definition) is 5. The van der Waals surface area contributed by atoms with E-state index in [0.717, 1.165) is 35.1 Å². The highest BCUT2D eigenvalue weighted by Gasteiger charge is 2.43. The fourth-order valence-corrected chi connectivity index (χ4v) is 4.09. The van der Waals surface area contributed by atoms with Gasteiger partial charge in [0.05, 0.1) is 5.39 Å². The topological polar surface area (TPSA) is 105 Å². The number of carbonyl (C=O) groups excluding carboxylic acids is 1. The highest BCUT2D eigenvalue weighted by Crippen LogP contribution is 2.25. The Bertz CT molecular complexity index is 1270. The van der Waals surface area contributed by atoms with E-state index in [-0.39, 0.29) is 23.7 Å². The largest absolute Gasteiger partial charge is 0.312 e.